The number of nitrogens with zero attached hydrogens (tertiary/aromatic N) is 5. The van der Waals surface area contributed by atoms with Gasteiger partial charge in [-0.25, -0.2) is 15.0 Å². The molecule has 0 aliphatic carbocycles. The van der Waals surface area contributed by atoms with Gasteiger partial charge < -0.3 is 4.57 Å². The van der Waals surface area contributed by atoms with Crippen LogP contribution in [0, 0.1) is 0 Å². The van der Waals surface area contributed by atoms with Gasteiger partial charge >= 0.3 is 0 Å². The number of hydrogen-bond donors (Lipinski definition) is 0. The fourth-order valence-electron chi connectivity index (χ4n) is 6.45. The highest BCUT2D eigenvalue weighted by Gasteiger charge is 2.23. The number of pyridine rings is 1. The number of aromatic nitrogens is 5. The van der Waals surface area contributed by atoms with Crippen LogP contribution < -0.4 is 0 Å². The Bertz CT molecular complexity index is 2420. The van der Waals surface area contributed by atoms with E-state index in [-0.39, 0.29) is 0 Å². The number of hydrogen-bond acceptors (Lipinski definition) is 3. The van der Waals surface area contributed by atoms with Crippen molar-refractivity contribution in [3.63, 3.8) is 0 Å². The molecule has 5 aromatic carbocycles. The Hall–Kier alpha value is -6.07. The molecule has 4 aromatic heterocycles. The maximum atomic E-state index is 5.18. The second-order valence-corrected chi connectivity index (χ2v) is 10.9. The number of rotatable bonds is 4. The van der Waals surface area contributed by atoms with Crippen LogP contribution in [0.5, 0.6) is 0 Å². The third kappa shape index (κ3) is 3.69. The lowest BCUT2D eigenvalue weighted by atomic mass is 10.1. The Labute approximate surface area is 253 Å². The molecule has 0 spiro atoms. The predicted molar refractivity (Wildman–Crippen MR) is 179 cm³/mol. The third-order valence-electron chi connectivity index (χ3n) is 8.38. The first kappa shape index (κ1) is 24.5. The lowest BCUT2D eigenvalue weighted by Crippen LogP contribution is -2.04. The minimum atomic E-state index is 0.589. The molecule has 0 aliphatic rings. The Morgan fingerprint density at radius 3 is 1.61 bits per heavy atom. The van der Waals surface area contributed by atoms with Crippen LogP contribution in [0.2, 0.25) is 0 Å². The van der Waals surface area contributed by atoms with Crippen LogP contribution in [0.1, 0.15) is 0 Å². The molecule has 0 bridgehead atoms. The van der Waals surface area contributed by atoms with E-state index in [2.05, 4.69) is 118 Å². The molecule has 9 aromatic rings. The van der Waals surface area contributed by atoms with E-state index in [9.17, 15) is 0 Å². The first-order chi connectivity index (χ1) is 21.8. The highest BCUT2D eigenvalue weighted by Crippen LogP contribution is 2.40. The second-order valence-electron chi connectivity index (χ2n) is 10.9. The molecule has 0 amide bonds. The van der Waals surface area contributed by atoms with Crippen LogP contribution in [-0.2, 0) is 0 Å². The van der Waals surface area contributed by atoms with Gasteiger partial charge in [0.1, 0.15) is 5.65 Å². The van der Waals surface area contributed by atoms with Crippen molar-refractivity contribution in [2.24, 2.45) is 0 Å². The zero-order valence-corrected chi connectivity index (χ0v) is 23.7. The summed E-state index contributed by atoms with van der Waals surface area (Å²) in [5.74, 6) is 0.589. The fraction of sp³-hybridized carbons (Fsp3) is 0. The number of benzene rings is 5. The van der Waals surface area contributed by atoms with Gasteiger partial charge in [-0.15, -0.1) is 0 Å². The van der Waals surface area contributed by atoms with Crippen molar-refractivity contribution in [2.75, 3.05) is 0 Å². The first-order valence-corrected chi connectivity index (χ1v) is 14.7. The third-order valence-corrected chi connectivity index (χ3v) is 8.38. The highest BCUT2D eigenvalue weighted by atomic mass is 15.2. The van der Waals surface area contributed by atoms with Crippen LogP contribution in [0.15, 0.2) is 152 Å². The highest BCUT2D eigenvalue weighted by molar-refractivity contribution is 6.24. The molecule has 4 heterocycles. The summed E-state index contributed by atoms with van der Waals surface area (Å²) < 4.78 is 4.48. The van der Waals surface area contributed by atoms with E-state index in [0.717, 1.165) is 66.6 Å². The van der Waals surface area contributed by atoms with Gasteiger partial charge in [-0.1, -0.05) is 115 Å². The molecule has 0 unspecified atom stereocenters. The number of para-hydroxylation sites is 3. The summed E-state index contributed by atoms with van der Waals surface area (Å²) in [6, 6.07) is 50.3. The largest absolute Gasteiger partial charge is 0.308 e. The van der Waals surface area contributed by atoms with Crippen LogP contribution in [-0.4, -0.2) is 24.1 Å². The molecular formula is C39H25N5. The number of fused-ring (bicyclic) bond motifs is 7. The summed E-state index contributed by atoms with van der Waals surface area (Å²) in [6.07, 6.45) is 2.01. The molecule has 0 radical (unpaired) electrons. The van der Waals surface area contributed by atoms with Crippen LogP contribution >= 0.6 is 0 Å². The van der Waals surface area contributed by atoms with E-state index in [0.29, 0.717) is 5.95 Å². The molecule has 5 heteroatoms. The summed E-state index contributed by atoms with van der Waals surface area (Å²) in [7, 11) is 0. The quantitative estimate of drug-likeness (QED) is 0.214. The monoisotopic (exact) mass is 563 g/mol. The van der Waals surface area contributed by atoms with E-state index in [1.807, 2.05) is 42.6 Å². The van der Waals surface area contributed by atoms with E-state index in [1.165, 1.54) is 5.39 Å². The molecule has 44 heavy (non-hydrogen) atoms. The van der Waals surface area contributed by atoms with Gasteiger partial charge in [0.05, 0.1) is 33.3 Å². The fourth-order valence-corrected chi connectivity index (χ4v) is 6.45. The molecule has 0 N–H and O–H groups in total. The van der Waals surface area contributed by atoms with Crippen LogP contribution in [0.3, 0.4) is 0 Å². The minimum Gasteiger partial charge on any atom is -0.308 e. The first-order valence-electron chi connectivity index (χ1n) is 14.7. The molecule has 0 atom stereocenters. The SMILES string of the molecule is c1ccc(-c2cc(-c3ccccc3)nc(-n3c4ccccc4c4c3ncc3c5ccccc5n(-c5ccccc5)c34)n2)cc1. The lowest BCUT2D eigenvalue weighted by molar-refractivity contribution is 0.982. The smallest absolute Gasteiger partial charge is 0.237 e. The summed E-state index contributed by atoms with van der Waals surface area (Å²) in [5, 5.41) is 4.47. The molecule has 0 aliphatic heterocycles. The van der Waals surface area contributed by atoms with E-state index in [4.69, 9.17) is 15.0 Å². The van der Waals surface area contributed by atoms with Gasteiger partial charge in [0.25, 0.3) is 0 Å². The lowest BCUT2D eigenvalue weighted by Gasteiger charge is -2.11. The topological polar surface area (TPSA) is 48.5 Å². The Balaban J connectivity index is 1.43. The average Bonchev–Trinajstić information content (AvgIpc) is 3.62. The standard InChI is InChI=1S/C39H25N5/c1-4-14-26(15-5-1)32-24-33(27-16-6-2-7-17-27)42-39(41-32)44-35-23-13-11-21-30(35)36-37-31(25-40-38(36)44)29-20-10-12-22-34(29)43(37)28-18-8-3-9-19-28/h1-25H. The summed E-state index contributed by atoms with van der Waals surface area (Å²) in [5.41, 5.74) is 9.01. The van der Waals surface area contributed by atoms with Crippen molar-refractivity contribution < 1.29 is 0 Å². The average molecular weight is 564 g/mol. The van der Waals surface area contributed by atoms with Crippen molar-refractivity contribution in [3.8, 4) is 34.2 Å². The van der Waals surface area contributed by atoms with Gasteiger partial charge in [-0.3, -0.25) is 4.57 Å². The second kappa shape index (κ2) is 9.75. The molecule has 5 nitrogen and oxygen atoms in total. The van der Waals surface area contributed by atoms with E-state index < -0.39 is 0 Å². The zero-order valence-electron chi connectivity index (χ0n) is 23.7. The molecule has 0 saturated carbocycles. The Morgan fingerprint density at radius 2 is 0.977 bits per heavy atom. The van der Waals surface area contributed by atoms with Crippen LogP contribution in [0.4, 0.5) is 0 Å². The van der Waals surface area contributed by atoms with E-state index in [1.54, 1.807) is 0 Å². The van der Waals surface area contributed by atoms with E-state index >= 15 is 0 Å². The van der Waals surface area contributed by atoms with Gasteiger partial charge in [-0.2, -0.15) is 0 Å². The molecule has 206 valence electrons. The molecule has 9 rings (SSSR count). The van der Waals surface area contributed by atoms with Crippen molar-refractivity contribution >= 4 is 43.7 Å². The summed E-state index contributed by atoms with van der Waals surface area (Å²) >= 11 is 0. The predicted octanol–water partition coefficient (Wildman–Crippen LogP) is 9.40. The van der Waals surface area contributed by atoms with Gasteiger partial charge in [0, 0.05) is 39.2 Å². The Morgan fingerprint density at radius 1 is 0.455 bits per heavy atom. The van der Waals surface area contributed by atoms with Crippen molar-refractivity contribution in [1.82, 2.24) is 24.1 Å². The molecular weight excluding hydrogens is 538 g/mol. The van der Waals surface area contributed by atoms with Crippen LogP contribution in [0.25, 0.3) is 77.9 Å². The molecule has 0 saturated heterocycles. The zero-order chi connectivity index (χ0) is 29.0. The summed E-state index contributed by atoms with van der Waals surface area (Å²) in [6.45, 7) is 0. The van der Waals surface area contributed by atoms with Gasteiger partial charge in [0.15, 0.2) is 0 Å². The maximum absolute atomic E-state index is 5.18. The van der Waals surface area contributed by atoms with Crippen molar-refractivity contribution in [3.05, 3.63) is 152 Å². The van der Waals surface area contributed by atoms with Crippen molar-refractivity contribution in [2.45, 2.75) is 0 Å². The summed E-state index contributed by atoms with van der Waals surface area (Å²) in [4.78, 5) is 15.5. The van der Waals surface area contributed by atoms with Gasteiger partial charge in [0.2, 0.25) is 5.95 Å². The van der Waals surface area contributed by atoms with Gasteiger partial charge in [-0.05, 0) is 30.3 Å². The molecule has 0 fully saturated rings. The maximum Gasteiger partial charge on any atom is 0.237 e. The van der Waals surface area contributed by atoms with Crippen molar-refractivity contribution in [1.29, 1.82) is 0 Å². The minimum absolute atomic E-state index is 0.589. The normalized spacial score (nSPS) is 11.6. The Kier molecular flexibility index (Phi) is 5.43.